The summed E-state index contributed by atoms with van der Waals surface area (Å²) in [6, 6.07) is 9.44. The minimum Gasteiger partial charge on any atom is -0.492 e. The summed E-state index contributed by atoms with van der Waals surface area (Å²) in [5, 5.41) is 30.3. The van der Waals surface area contributed by atoms with Crippen molar-refractivity contribution in [3.63, 3.8) is 0 Å². The van der Waals surface area contributed by atoms with Crippen LogP contribution in [0.25, 0.3) is 5.69 Å². The van der Waals surface area contributed by atoms with E-state index in [0.29, 0.717) is 17.2 Å². The number of aryl methyl sites for hydroxylation is 1. The molecule has 0 aliphatic carbocycles. The van der Waals surface area contributed by atoms with Crippen LogP contribution in [0.1, 0.15) is 32.0 Å². The van der Waals surface area contributed by atoms with Gasteiger partial charge in [-0.25, -0.2) is 0 Å². The van der Waals surface area contributed by atoms with E-state index >= 15 is 0 Å². The first-order valence-electron chi connectivity index (χ1n) is 7.67. The standard InChI is InChI=1S/C17H20N6O/c1-11-10-18-20-15(11)21-19-13-14(17(2,3)4)22-23(16(13)24)12-8-6-5-7-9-12/h5-10,24H,1-4H3,(H,18,20)/b21-19+. The van der Waals surface area contributed by atoms with Crippen molar-refractivity contribution in [3.05, 3.63) is 47.8 Å². The molecule has 2 heterocycles. The Bertz CT molecular complexity index is 870. The van der Waals surface area contributed by atoms with E-state index in [2.05, 4.69) is 25.5 Å². The van der Waals surface area contributed by atoms with Crippen LogP contribution in [0.5, 0.6) is 5.88 Å². The van der Waals surface area contributed by atoms with E-state index in [-0.39, 0.29) is 11.3 Å². The molecule has 0 spiro atoms. The van der Waals surface area contributed by atoms with Gasteiger partial charge in [0.2, 0.25) is 5.88 Å². The zero-order chi connectivity index (χ0) is 17.3. The van der Waals surface area contributed by atoms with Crippen molar-refractivity contribution < 1.29 is 5.11 Å². The fraction of sp³-hybridized carbons (Fsp3) is 0.294. The van der Waals surface area contributed by atoms with Crippen LogP contribution in [-0.2, 0) is 5.41 Å². The highest BCUT2D eigenvalue weighted by Crippen LogP contribution is 2.40. The molecule has 7 heteroatoms. The first-order chi connectivity index (χ1) is 11.4. The van der Waals surface area contributed by atoms with Gasteiger partial charge in [0.1, 0.15) is 0 Å². The minimum atomic E-state index is -0.297. The number of nitrogens with zero attached hydrogens (tertiary/aromatic N) is 5. The molecule has 0 amide bonds. The van der Waals surface area contributed by atoms with Gasteiger partial charge in [-0.1, -0.05) is 39.0 Å². The van der Waals surface area contributed by atoms with Gasteiger partial charge in [0, 0.05) is 11.0 Å². The van der Waals surface area contributed by atoms with Gasteiger partial charge in [-0.2, -0.15) is 14.9 Å². The zero-order valence-electron chi connectivity index (χ0n) is 14.1. The summed E-state index contributed by atoms with van der Waals surface area (Å²) < 4.78 is 1.48. The van der Waals surface area contributed by atoms with Crippen molar-refractivity contribution >= 4 is 11.5 Å². The molecular weight excluding hydrogens is 304 g/mol. The van der Waals surface area contributed by atoms with Crippen molar-refractivity contribution in [1.82, 2.24) is 20.0 Å². The number of hydrogen-bond acceptors (Lipinski definition) is 5. The minimum absolute atomic E-state index is 0.0351. The van der Waals surface area contributed by atoms with Gasteiger partial charge in [-0.15, -0.1) is 10.2 Å². The number of para-hydroxylation sites is 1. The number of H-pyrrole nitrogens is 1. The van der Waals surface area contributed by atoms with E-state index in [4.69, 9.17) is 0 Å². The first-order valence-corrected chi connectivity index (χ1v) is 7.67. The summed E-state index contributed by atoms with van der Waals surface area (Å²) >= 11 is 0. The predicted molar refractivity (Wildman–Crippen MR) is 91.4 cm³/mol. The second-order valence-corrected chi connectivity index (χ2v) is 6.62. The number of aromatic amines is 1. The number of nitrogens with one attached hydrogen (secondary N) is 1. The van der Waals surface area contributed by atoms with E-state index in [0.717, 1.165) is 11.3 Å². The molecule has 0 fully saturated rings. The van der Waals surface area contributed by atoms with Crippen LogP contribution in [0.3, 0.4) is 0 Å². The first kappa shape index (κ1) is 15.9. The topological polar surface area (TPSA) is 91.5 Å². The number of aromatic hydroxyl groups is 1. The molecule has 0 aliphatic heterocycles. The highest BCUT2D eigenvalue weighted by atomic mass is 16.3. The van der Waals surface area contributed by atoms with Crippen LogP contribution in [0.15, 0.2) is 46.8 Å². The van der Waals surface area contributed by atoms with Crippen LogP contribution in [-0.4, -0.2) is 25.1 Å². The normalized spacial score (nSPS) is 12.2. The van der Waals surface area contributed by atoms with Gasteiger partial charge in [0.05, 0.1) is 17.6 Å². The van der Waals surface area contributed by atoms with E-state index in [9.17, 15) is 5.11 Å². The van der Waals surface area contributed by atoms with Crippen LogP contribution in [0.4, 0.5) is 11.5 Å². The molecule has 0 radical (unpaired) electrons. The Labute approximate surface area is 140 Å². The number of aromatic nitrogens is 4. The Kier molecular flexibility index (Phi) is 3.92. The van der Waals surface area contributed by atoms with Crippen LogP contribution in [0, 0.1) is 6.92 Å². The second kappa shape index (κ2) is 5.92. The van der Waals surface area contributed by atoms with Gasteiger partial charge in [0.25, 0.3) is 0 Å². The summed E-state index contributed by atoms with van der Waals surface area (Å²) in [4.78, 5) is 0. The van der Waals surface area contributed by atoms with Crippen molar-refractivity contribution in [2.45, 2.75) is 33.1 Å². The maximum absolute atomic E-state index is 10.6. The van der Waals surface area contributed by atoms with Gasteiger partial charge in [-0.3, -0.25) is 5.10 Å². The van der Waals surface area contributed by atoms with E-state index < -0.39 is 0 Å². The molecule has 0 bridgehead atoms. The summed E-state index contributed by atoms with van der Waals surface area (Å²) in [5.74, 6) is 0.522. The third-order valence-electron chi connectivity index (χ3n) is 3.60. The largest absolute Gasteiger partial charge is 0.492 e. The van der Waals surface area contributed by atoms with Gasteiger partial charge < -0.3 is 5.11 Å². The molecule has 24 heavy (non-hydrogen) atoms. The highest BCUT2D eigenvalue weighted by Gasteiger charge is 2.27. The van der Waals surface area contributed by atoms with Crippen molar-refractivity contribution in [1.29, 1.82) is 0 Å². The molecule has 3 rings (SSSR count). The molecular formula is C17H20N6O. The van der Waals surface area contributed by atoms with E-state index in [1.165, 1.54) is 4.68 Å². The number of azo groups is 1. The third-order valence-corrected chi connectivity index (χ3v) is 3.60. The SMILES string of the molecule is Cc1cn[nH]c1/N=N/c1c(C(C)(C)C)nn(-c2ccccc2)c1O. The Morgan fingerprint density at radius 2 is 1.83 bits per heavy atom. The second-order valence-electron chi connectivity index (χ2n) is 6.62. The Morgan fingerprint density at radius 1 is 1.12 bits per heavy atom. The Hall–Kier alpha value is -2.96. The van der Waals surface area contributed by atoms with Gasteiger partial charge in [0.15, 0.2) is 11.5 Å². The molecule has 7 nitrogen and oxygen atoms in total. The maximum atomic E-state index is 10.6. The Morgan fingerprint density at radius 3 is 2.42 bits per heavy atom. The van der Waals surface area contributed by atoms with Gasteiger partial charge in [-0.05, 0) is 19.1 Å². The monoisotopic (exact) mass is 324 g/mol. The maximum Gasteiger partial charge on any atom is 0.243 e. The smallest absolute Gasteiger partial charge is 0.243 e. The van der Waals surface area contributed by atoms with E-state index in [1.807, 2.05) is 58.0 Å². The number of benzene rings is 1. The molecule has 0 aliphatic rings. The fourth-order valence-electron chi connectivity index (χ4n) is 2.29. The lowest BCUT2D eigenvalue weighted by atomic mass is 9.91. The van der Waals surface area contributed by atoms with Gasteiger partial charge >= 0.3 is 0 Å². The lowest BCUT2D eigenvalue weighted by Gasteiger charge is -2.15. The average Bonchev–Trinajstić information content (AvgIpc) is 3.09. The summed E-state index contributed by atoms with van der Waals surface area (Å²) in [5.41, 5.74) is 2.38. The summed E-state index contributed by atoms with van der Waals surface area (Å²) in [7, 11) is 0. The lowest BCUT2D eigenvalue weighted by molar-refractivity contribution is 0.434. The number of rotatable bonds is 3. The van der Waals surface area contributed by atoms with Crippen molar-refractivity contribution in [3.8, 4) is 11.6 Å². The number of hydrogen-bond donors (Lipinski definition) is 2. The quantitative estimate of drug-likeness (QED) is 0.703. The molecule has 0 saturated heterocycles. The molecule has 1 aromatic carbocycles. The Balaban J connectivity index is 2.12. The average molecular weight is 324 g/mol. The van der Waals surface area contributed by atoms with E-state index in [1.54, 1.807) is 6.20 Å². The molecule has 2 N–H and O–H groups in total. The van der Waals surface area contributed by atoms with Crippen LogP contribution in [0.2, 0.25) is 0 Å². The van der Waals surface area contributed by atoms with Crippen LogP contribution >= 0.6 is 0 Å². The molecule has 3 aromatic rings. The molecule has 2 aromatic heterocycles. The van der Waals surface area contributed by atoms with Crippen molar-refractivity contribution in [2.75, 3.05) is 0 Å². The van der Waals surface area contributed by atoms with Crippen molar-refractivity contribution in [2.24, 2.45) is 10.2 Å². The molecule has 0 saturated carbocycles. The molecule has 124 valence electrons. The molecule has 0 unspecified atom stereocenters. The third kappa shape index (κ3) is 2.92. The highest BCUT2D eigenvalue weighted by molar-refractivity contribution is 5.57. The lowest BCUT2D eigenvalue weighted by Crippen LogP contribution is -2.13. The zero-order valence-corrected chi connectivity index (χ0v) is 14.1. The predicted octanol–water partition coefficient (Wildman–Crippen LogP) is 4.32. The summed E-state index contributed by atoms with van der Waals surface area (Å²) in [6.45, 7) is 7.94. The van der Waals surface area contributed by atoms with Crippen LogP contribution < -0.4 is 0 Å². The summed E-state index contributed by atoms with van der Waals surface area (Å²) in [6.07, 6.45) is 1.67. The fourth-order valence-corrected chi connectivity index (χ4v) is 2.29. The molecule has 0 atom stereocenters.